The number of piperidine rings is 1. The summed E-state index contributed by atoms with van der Waals surface area (Å²) in [5, 5.41) is 11.9. The number of carbonyl (C=O) groups is 1. The second-order valence-electron chi connectivity index (χ2n) is 5.44. The molecule has 1 aromatic rings. The summed E-state index contributed by atoms with van der Waals surface area (Å²) in [6, 6.07) is -0.602. The van der Waals surface area contributed by atoms with Gasteiger partial charge in [0.15, 0.2) is 6.04 Å². The molecule has 2 aliphatic heterocycles. The van der Waals surface area contributed by atoms with Gasteiger partial charge in [-0.25, -0.2) is 9.78 Å². The number of aromatic nitrogens is 1. The number of carboxylic acids is 1. The zero-order chi connectivity index (χ0) is 16.1. The fourth-order valence-electron chi connectivity index (χ4n) is 2.50. The van der Waals surface area contributed by atoms with Crippen molar-refractivity contribution >= 4 is 45.2 Å². The van der Waals surface area contributed by atoms with Crippen LogP contribution in [0.1, 0.15) is 24.3 Å². The zero-order valence-electron chi connectivity index (χ0n) is 12.7. The van der Waals surface area contributed by atoms with E-state index in [1.165, 1.54) is 36.0 Å². The van der Waals surface area contributed by atoms with Gasteiger partial charge < -0.3 is 10.0 Å². The summed E-state index contributed by atoms with van der Waals surface area (Å²) in [5.74, 6) is -0.339. The third kappa shape index (κ3) is 4.45. The van der Waals surface area contributed by atoms with E-state index < -0.39 is 12.0 Å². The maximum atomic E-state index is 10.8. The molecule has 5 nitrogen and oxygen atoms in total. The number of thioether (sulfide) groups is 1. The standard InChI is InChI=1S/C16H19N3O2S2/c20-16(21)12-11-22-14(18-12)7-3-2-6-13-17-10-15(23-13)19-8-4-1-5-9-19/h2-3,6-7,10,12H,1,4-5,8-9,11H2,(H,20,21)/b6-2+,7-3+/t12-/m1/s1. The number of anilines is 1. The second kappa shape index (κ2) is 7.79. The minimum Gasteiger partial charge on any atom is -0.480 e. The van der Waals surface area contributed by atoms with Gasteiger partial charge in [-0.05, 0) is 31.4 Å². The smallest absolute Gasteiger partial charge is 0.329 e. The normalized spacial score (nSPS) is 22.2. The number of rotatable bonds is 5. The molecule has 1 fully saturated rings. The summed E-state index contributed by atoms with van der Waals surface area (Å²) < 4.78 is 0. The molecule has 1 saturated heterocycles. The number of nitrogens with zero attached hydrogens (tertiary/aromatic N) is 3. The van der Waals surface area contributed by atoms with Gasteiger partial charge in [-0.2, -0.15) is 0 Å². The summed E-state index contributed by atoms with van der Waals surface area (Å²) >= 11 is 3.18. The van der Waals surface area contributed by atoms with Crippen molar-refractivity contribution in [3.63, 3.8) is 0 Å². The molecule has 2 aliphatic rings. The van der Waals surface area contributed by atoms with E-state index >= 15 is 0 Å². The summed E-state index contributed by atoms with van der Waals surface area (Å²) in [4.78, 5) is 21.8. The topological polar surface area (TPSA) is 65.8 Å². The van der Waals surface area contributed by atoms with Crippen LogP contribution in [-0.4, -0.2) is 46.0 Å². The van der Waals surface area contributed by atoms with Crippen LogP contribution in [0, 0.1) is 0 Å². The molecular weight excluding hydrogens is 330 g/mol. The summed E-state index contributed by atoms with van der Waals surface area (Å²) in [6.07, 6.45) is 13.5. The Morgan fingerprint density at radius 2 is 2.04 bits per heavy atom. The Morgan fingerprint density at radius 1 is 1.26 bits per heavy atom. The highest BCUT2D eigenvalue weighted by molar-refractivity contribution is 8.14. The van der Waals surface area contributed by atoms with Crippen LogP contribution in [0.15, 0.2) is 29.4 Å². The molecule has 0 radical (unpaired) electrons. The van der Waals surface area contributed by atoms with E-state index in [0.29, 0.717) is 5.75 Å². The van der Waals surface area contributed by atoms with Gasteiger partial charge in [0, 0.05) is 18.8 Å². The van der Waals surface area contributed by atoms with E-state index in [1.54, 1.807) is 11.3 Å². The Hall–Kier alpha value is -1.60. The molecule has 7 heteroatoms. The lowest BCUT2D eigenvalue weighted by Gasteiger charge is -2.26. The van der Waals surface area contributed by atoms with E-state index in [1.807, 2.05) is 30.5 Å². The number of aliphatic carboxylic acids is 1. The first-order valence-corrected chi connectivity index (χ1v) is 9.51. The number of hydrogen-bond donors (Lipinski definition) is 1. The SMILES string of the molecule is O=C(O)[C@H]1CSC(/C=C/C=C/c2ncc(N3CCCCC3)s2)=N1. The van der Waals surface area contributed by atoms with Crippen molar-refractivity contribution in [2.24, 2.45) is 4.99 Å². The van der Waals surface area contributed by atoms with E-state index in [-0.39, 0.29) is 0 Å². The molecule has 0 amide bonds. The Balaban J connectivity index is 1.54. The predicted octanol–water partition coefficient (Wildman–Crippen LogP) is 3.30. The summed E-state index contributed by atoms with van der Waals surface area (Å²) in [7, 11) is 0. The largest absolute Gasteiger partial charge is 0.480 e. The van der Waals surface area contributed by atoms with Gasteiger partial charge in [-0.15, -0.1) is 11.8 Å². The first-order valence-electron chi connectivity index (χ1n) is 7.71. The minimum atomic E-state index is -0.857. The van der Waals surface area contributed by atoms with Gasteiger partial charge >= 0.3 is 5.97 Å². The Morgan fingerprint density at radius 3 is 2.78 bits per heavy atom. The van der Waals surface area contributed by atoms with Crippen LogP contribution in [0.25, 0.3) is 6.08 Å². The summed E-state index contributed by atoms with van der Waals surface area (Å²) in [5.41, 5.74) is 0. The van der Waals surface area contributed by atoms with E-state index in [2.05, 4.69) is 14.9 Å². The average molecular weight is 349 g/mol. The van der Waals surface area contributed by atoms with Crippen LogP contribution in [0.4, 0.5) is 5.00 Å². The number of allylic oxidation sites excluding steroid dienone is 2. The third-order valence-corrected chi connectivity index (χ3v) is 5.77. The van der Waals surface area contributed by atoms with Gasteiger partial charge in [0.1, 0.15) is 10.0 Å². The Labute approximate surface area is 143 Å². The summed E-state index contributed by atoms with van der Waals surface area (Å²) in [6.45, 7) is 2.26. The Kier molecular flexibility index (Phi) is 5.51. The maximum Gasteiger partial charge on any atom is 0.329 e. The molecular formula is C16H19N3O2S2. The predicted molar refractivity (Wildman–Crippen MR) is 97.7 cm³/mol. The van der Waals surface area contributed by atoms with Crippen LogP contribution in [0.3, 0.4) is 0 Å². The van der Waals surface area contributed by atoms with Crippen LogP contribution in [0.2, 0.25) is 0 Å². The lowest BCUT2D eigenvalue weighted by Crippen LogP contribution is -2.28. The third-order valence-electron chi connectivity index (χ3n) is 3.73. The monoisotopic (exact) mass is 349 g/mol. The molecule has 1 aromatic heterocycles. The molecule has 0 saturated carbocycles. The highest BCUT2D eigenvalue weighted by Gasteiger charge is 2.22. The van der Waals surface area contributed by atoms with Crippen LogP contribution in [-0.2, 0) is 4.79 Å². The van der Waals surface area contributed by atoms with E-state index in [9.17, 15) is 4.79 Å². The van der Waals surface area contributed by atoms with Gasteiger partial charge in [-0.1, -0.05) is 23.5 Å². The number of thiazole rings is 1. The molecule has 23 heavy (non-hydrogen) atoms. The highest BCUT2D eigenvalue weighted by atomic mass is 32.2. The molecule has 1 atom stereocenters. The molecule has 3 heterocycles. The molecule has 0 bridgehead atoms. The molecule has 0 spiro atoms. The quantitative estimate of drug-likeness (QED) is 0.826. The van der Waals surface area contributed by atoms with Crippen molar-refractivity contribution in [2.75, 3.05) is 23.7 Å². The first-order chi connectivity index (χ1) is 11.2. The first kappa shape index (κ1) is 16.3. The van der Waals surface area contributed by atoms with Gasteiger partial charge in [-0.3, -0.25) is 4.99 Å². The second-order valence-corrected chi connectivity index (χ2v) is 7.52. The van der Waals surface area contributed by atoms with Crippen molar-refractivity contribution in [2.45, 2.75) is 25.3 Å². The van der Waals surface area contributed by atoms with Crippen LogP contribution in [0.5, 0.6) is 0 Å². The average Bonchev–Trinajstić information content (AvgIpc) is 3.22. The fraction of sp³-hybridized carbons (Fsp3) is 0.438. The van der Waals surface area contributed by atoms with Gasteiger partial charge in [0.25, 0.3) is 0 Å². The number of aliphatic imine (C=N–C) groups is 1. The minimum absolute atomic E-state index is 0.518. The van der Waals surface area contributed by atoms with Crippen molar-refractivity contribution in [1.29, 1.82) is 0 Å². The molecule has 0 aliphatic carbocycles. The number of hydrogen-bond acceptors (Lipinski definition) is 6. The molecule has 122 valence electrons. The van der Waals surface area contributed by atoms with Crippen LogP contribution >= 0.6 is 23.1 Å². The van der Waals surface area contributed by atoms with E-state index in [4.69, 9.17) is 5.11 Å². The fourth-order valence-corrected chi connectivity index (χ4v) is 4.31. The van der Waals surface area contributed by atoms with E-state index in [0.717, 1.165) is 23.1 Å². The van der Waals surface area contributed by atoms with Gasteiger partial charge in [0.2, 0.25) is 0 Å². The lowest BCUT2D eigenvalue weighted by atomic mass is 10.1. The van der Waals surface area contributed by atoms with Crippen molar-refractivity contribution in [3.05, 3.63) is 29.4 Å². The maximum absolute atomic E-state index is 10.8. The highest BCUT2D eigenvalue weighted by Crippen LogP contribution is 2.27. The lowest BCUT2D eigenvalue weighted by molar-refractivity contribution is -0.137. The Bertz CT molecular complexity index is 646. The van der Waals surface area contributed by atoms with Gasteiger partial charge in [0.05, 0.1) is 11.2 Å². The molecule has 0 unspecified atom stereocenters. The van der Waals surface area contributed by atoms with Crippen molar-refractivity contribution in [3.8, 4) is 0 Å². The molecule has 3 rings (SSSR count). The molecule has 1 N–H and O–H groups in total. The van der Waals surface area contributed by atoms with Crippen molar-refractivity contribution in [1.82, 2.24) is 4.98 Å². The molecule has 0 aromatic carbocycles. The van der Waals surface area contributed by atoms with Crippen LogP contribution < -0.4 is 4.90 Å². The zero-order valence-corrected chi connectivity index (χ0v) is 14.4. The number of carboxylic acid groups (broad SMARTS) is 1. The van der Waals surface area contributed by atoms with Crippen molar-refractivity contribution < 1.29 is 9.90 Å².